The average molecular weight is 278 g/mol. The Morgan fingerprint density at radius 1 is 1.30 bits per heavy atom. The monoisotopic (exact) mass is 278 g/mol. The summed E-state index contributed by atoms with van der Waals surface area (Å²) in [7, 11) is 0. The fourth-order valence-corrected chi connectivity index (χ4v) is 3.36. The summed E-state index contributed by atoms with van der Waals surface area (Å²) in [4.78, 5) is 4.44. The molecule has 0 aliphatic heterocycles. The molecule has 4 heteroatoms. The van der Waals surface area contributed by atoms with Crippen LogP contribution in [0.3, 0.4) is 0 Å². The lowest BCUT2D eigenvalue weighted by molar-refractivity contribution is 0.337. The molecule has 1 N–H and O–H groups in total. The Labute approximate surface area is 123 Å². The Morgan fingerprint density at radius 3 is 2.80 bits per heavy atom. The zero-order chi connectivity index (χ0) is 14.2. The van der Waals surface area contributed by atoms with E-state index in [4.69, 9.17) is 0 Å². The van der Waals surface area contributed by atoms with E-state index in [1.165, 1.54) is 38.5 Å². The van der Waals surface area contributed by atoms with Gasteiger partial charge in [-0.05, 0) is 44.6 Å². The highest BCUT2D eigenvalue weighted by Gasteiger charge is 2.24. The lowest BCUT2D eigenvalue weighted by Crippen LogP contribution is -2.36. The second-order valence-corrected chi connectivity index (χ2v) is 6.04. The largest absolute Gasteiger partial charge is 0.314 e. The molecule has 0 amide bonds. The fourth-order valence-electron chi connectivity index (χ4n) is 3.36. The Hall–Kier alpha value is -0.900. The van der Waals surface area contributed by atoms with Crippen molar-refractivity contribution in [3.8, 4) is 0 Å². The van der Waals surface area contributed by atoms with E-state index < -0.39 is 0 Å². The minimum Gasteiger partial charge on any atom is -0.314 e. The Kier molecular flexibility index (Phi) is 6.51. The number of hydrogen-bond acceptors (Lipinski definition) is 3. The second kappa shape index (κ2) is 8.40. The fraction of sp³-hybridized carbons (Fsp3) is 0.875. The van der Waals surface area contributed by atoms with E-state index in [0.717, 1.165) is 37.7 Å². The molecule has 1 aromatic heterocycles. The van der Waals surface area contributed by atoms with Crippen LogP contribution in [-0.2, 0) is 13.0 Å². The topological polar surface area (TPSA) is 42.7 Å². The number of aromatic nitrogens is 3. The zero-order valence-electron chi connectivity index (χ0n) is 13.1. The molecule has 1 aliphatic rings. The van der Waals surface area contributed by atoms with Gasteiger partial charge in [-0.25, -0.2) is 4.98 Å². The maximum atomic E-state index is 4.44. The first-order valence-corrected chi connectivity index (χ1v) is 8.45. The van der Waals surface area contributed by atoms with Crippen molar-refractivity contribution in [1.29, 1.82) is 0 Å². The third kappa shape index (κ3) is 4.30. The number of rotatable bonds is 9. The van der Waals surface area contributed by atoms with E-state index >= 15 is 0 Å². The highest BCUT2D eigenvalue weighted by atomic mass is 15.3. The molecule has 0 bridgehead atoms. The summed E-state index contributed by atoms with van der Waals surface area (Å²) in [5, 5.41) is 8.10. The summed E-state index contributed by atoms with van der Waals surface area (Å²) in [5.74, 6) is 2.04. The van der Waals surface area contributed by atoms with Crippen LogP contribution in [0.2, 0.25) is 0 Å². The van der Waals surface area contributed by atoms with Crippen molar-refractivity contribution in [3.63, 3.8) is 0 Å². The van der Waals surface area contributed by atoms with Crippen LogP contribution in [0, 0.1) is 5.92 Å². The lowest BCUT2D eigenvalue weighted by Gasteiger charge is -2.24. The summed E-state index contributed by atoms with van der Waals surface area (Å²) in [5.41, 5.74) is 0. The van der Waals surface area contributed by atoms with Gasteiger partial charge < -0.3 is 5.32 Å². The van der Waals surface area contributed by atoms with Crippen LogP contribution in [0.25, 0.3) is 0 Å². The molecule has 1 aliphatic carbocycles. The van der Waals surface area contributed by atoms with E-state index in [2.05, 4.69) is 33.9 Å². The van der Waals surface area contributed by atoms with Crippen molar-refractivity contribution in [2.24, 2.45) is 5.92 Å². The van der Waals surface area contributed by atoms with Gasteiger partial charge in [-0.3, -0.25) is 4.68 Å². The van der Waals surface area contributed by atoms with E-state index in [-0.39, 0.29) is 0 Å². The second-order valence-electron chi connectivity index (χ2n) is 6.04. The molecule has 114 valence electrons. The van der Waals surface area contributed by atoms with Crippen LogP contribution in [0.4, 0.5) is 0 Å². The molecule has 1 atom stereocenters. The third-order valence-electron chi connectivity index (χ3n) is 4.44. The summed E-state index contributed by atoms with van der Waals surface area (Å²) in [6, 6.07) is 0.671. The molecule has 1 aromatic rings. The summed E-state index contributed by atoms with van der Waals surface area (Å²) in [6.07, 6.45) is 11.9. The van der Waals surface area contributed by atoms with Gasteiger partial charge in [0.25, 0.3) is 0 Å². The maximum Gasteiger partial charge on any atom is 0.138 e. The molecule has 2 rings (SSSR count). The summed E-state index contributed by atoms with van der Waals surface area (Å²) < 4.78 is 2.07. The summed E-state index contributed by atoms with van der Waals surface area (Å²) >= 11 is 0. The van der Waals surface area contributed by atoms with Gasteiger partial charge in [-0.15, -0.1) is 0 Å². The zero-order valence-corrected chi connectivity index (χ0v) is 13.1. The van der Waals surface area contributed by atoms with Crippen LogP contribution >= 0.6 is 0 Å². The van der Waals surface area contributed by atoms with Crippen LogP contribution in [0.15, 0.2) is 6.33 Å². The predicted octanol–water partition coefficient (Wildman–Crippen LogP) is 3.18. The van der Waals surface area contributed by atoms with Crippen molar-refractivity contribution in [3.05, 3.63) is 12.2 Å². The minimum absolute atomic E-state index is 0.671. The van der Waals surface area contributed by atoms with Gasteiger partial charge in [-0.2, -0.15) is 5.10 Å². The molecule has 1 heterocycles. The third-order valence-corrected chi connectivity index (χ3v) is 4.44. The number of nitrogens with zero attached hydrogens (tertiary/aromatic N) is 3. The van der Waals surface area contributed by atoms with E-state index in [1.54, 1.807) is 6.33 Å². The number of hydrogen-bond donors (Lipinski definition) is 1. The van der Waals surface area contributed by atoms with Crippen LogP contribution in [-0.4, -0.2) is 27.4 Å². The van der Waals surface area contributed by atoms with Crippen LogP contribution in [0.1, 0.15) is 64.6 Å². The summed E-state index contributed by atoms with van der Waals surface area (Å²) in [6.45, 7) is 6.57. The van der Waals surface area contributed by atoms with Crippen molar-refractivity contribution in [2.75, 3.05) is 6.54 Å². The normalized spacial score (nSPS) is 17.7. The molecular formula is C16H30N4. The van der Waals surface area contributed by atoms with Crippen molar-refractivity contribution in [1.82, 2.24) is 20.1 Å². The molecule has 0 spiro atoms. The minimum atomic E-state index is 0.671. The van der Waals surface area contributed by atoms with Gasteiger partial charge in [-0.1, -0.05) is 26.7 Å². The average Bonchev–Trinajstić information content (AvgIpc) is 3.11. The SMILES string of the molecule is CCCNC(CCc1ncnn1CCC)C1CCCC1. The first kappa shape index (κ1) is 15.5. The molecule has 0 aromatic carbocycles. The molecule has 0 radical (unpaired) electrons. The molecule has 1 saturated carbocycles. The smallest absolute Gasteiger partial charge is 0.138 e. The van der Waals surface area contributed by atoms with Gasteiger partial charge in [0, 0.05) is 19.0 Å². The van der Waals surface area contributed by atoms with Gasteiger partial charge in [0.2, 0.25) is 0 Å². The van der Waals surface area contributed by atoms with E-state index in [9.17, 15) is 0 Å². The van der Waals surface area contributed by atoms with Crippen molar-refractivity contribution < 1.29 is 0 Å². The van der Waals surface area contributed by atoms with Crippen LogP contribution in [0.5, 0.6) is 0 Å². The van der Waals surface area contributed by atoms with Gasteiger partial charge >= 0.3 is 0 Å². The standard InChI is InChI=1S/C16H30N4/c1-3-11-17-15(14-7-5-6-8-14)9-10-16-18-13-19-20(16)12-4-2/h13-15,17H,3-12H2,1-2H3. The molecule has 4 nitrogen and oxygen atoms in total. The Balaban J connectivity index is 1.88. The first-order valence-electron chi connectivity index (χ1n) is 8.45. The Bertz CT molecular complexity index is 368. The van der Waals surface area contributed by atoms with Crippen molar-refractivity contribution >= 4 is 0 Å². The lowest BCUT2D eigenvalue weighted by atomic mass is 9.94. The highest BCUT2D eigenvalue weighted by molar-refractivity contribution is 4.89. The van der Waals surface area contributed by atoms with Crippen molar-refractivity contribution in [2.45, 2.75) is 77.8 Å². The number of aryl methyl sites for hydroxylation is 2. The molecule has 1 fully saturated rings. The Morgan fingerprint density at radius 2 is 2.10 bits per heavy atom. The van der Waals surface area contributed by atoms with E-state index in [0.29, 0.717) is 6.04 Å². The molecular weight excluding hydrogens is 248 g/mol. The molecule has 0 saturated heterocycles. The highest BCUT2D eigenvalue weighted by Crippen LogP contribution is 2.29. The number of nitrogens with one attached hydrogen (secondary N) is 1. The van der Waals surface area contributed by atoms with Gasteiger partial charge in [0.05, 0.1) is 0 Å². The quantitative estimate of drug-likeness (QED) is 0.754. The predicted molar refractivity (Wildman–Crippen MR) is 82.7 cm³/mol. The van der Waals surface area contributed by atoms with Gasteiger partial charge in [0.1, 0.15) is 12.2 Å². The molecule has 1 unspecified atom stereocenters. The maximum absolute atomic E-state index is 4.44. The van der Waals surface area contributed by atoms with Crippen LogP contribution < -0.4 is 5.32 Å². The van der Waals surface area contributed by atoms with E-state index in [1.807, 2.05) is 0 Å². The van der Waals surface area contributed by atoms with Gasteiger partial charge in [0.15, 0.2) is 0 Å². The first-order chi connectivity index (χ1) is 9.85. The molecule has 20 heavy (non-hydrogen) atoms.